The second kappa shape index (κ2) is 4.93. The van der Waals surface area contributed by atoms with Gasteiger partial charge in [-0.25, -0.2) is 4.98 Å². The number of rotatable bonds is 4. The Kier molecular flexibility index (Phi) is 3.68. The maximum Gasteiger partial charge on any atom is 0.405 e. The van der Waals surface area contributed by atoms with Gasteiger partial charge in [0.1, 0.15) is 12.4 Å². The summed E-state index contributed by atoms with van der Waals surface area (Å²) in [5.74, 6) is 0.211. The molecule has 0 unspecified atom stereocenters. The lowest BCUT2D eigenvalue weighted by molar-refractivity contribution is -0.120. The lowest BCUT2D eigenvalue weighted by Gasteiger charge is -2.25. The van der Waals surface area contributed by atoms with Crippen molar-refractivity contribution in [3.8, 4) is 0 Å². The average Bonchev–Trinajstić information content (AvgIpc) is 3.09. The highest BCUT2D eigenvalue weighted by Gasteiger charge is 2.38. The second-order valence-corrected chi connectivity index (χ2v) is 4.64. The summed E-state index contributed by atoms with van der Waals surface area (Å²) in [5, 5.41) is 9.28. The third-order valence-corrected chi connectivity index (χ3v) is 3.03. The van der Waals surface area contributed by atoms with E-state index in [1.807, 2.05) is 0 Å². The van der Waals surface area contributed by atoms with Gasteiger partial charge in [0, 0.05) is 6.04 Å². The predicted octanol–water partition coefficient (Wildman–Crippen LogP) is 2.76. The van der Waals surface area contributed by atoms with Crippen LogP contribution in [0.4, 0.5) is 19.0 Å². The summed E-state index contributed by atoms with van der Waals surface area (Å²) in [5.41, 5.74) is 0.196. The van der Waals surface area contributed by atoms with Crippen molar-refractivity contribution in [1.82, 2.24) is 4.98 Å². The van der Waals surface area contributed by atoms with Gasteiger partial charge in [0.15, 0.2) is 0 Å². The Morgan fingerprint density at radius 1 is 1.39 bits per heavy atom. The highest BCUT2D eigenvalue weighted by atomic mass is 35.5. The average molecular weight is 281 g/mol. The molecule has 2 rings (SSSR count). The van der Waals surface area contributed by atoms with Crippen molar-refractivity contribution in [3.05, 3.63) is 22.8 Å². The molecular formula is C11H12ClF3N2O. The molecule has 0 spiro atoms. The summed E-state index contributed by atoms with van der Waals surface area (Å²) in [7, 11) is 0. The van der Waals surface area contributed by atoms with Crippen molar-refractivity contribution in [1.29, 1.82) is 0 Å². The molecule has 18 heavy (non-hydrogen) atoms. The molecule has 1 aromatic heterocycles. The summed E-state index contributed by atoms with van der Waals surface area (Å²) in [6, 6.07) is 2.79. The lowest BCUT2D eigenvalue weighted by atomic mass is 10.3. The molecule has 3 nitrogen and oxygen atoms in total. The Morgan fingerprint density at radius 2 is 2.06 bits per heavy atom. The number of hydrogen-bond acceptors (Lipinski definition) is 3. The van der Waals surface area contributed by atoms with E-state index in [0.717, 1.165) is 12.8 Å². The van der Waals surface area contributed by atoms with Crippen LogP contribution in [-0.4, -0.2) is 28.9 Å². The van der Waals surface area contributed by atoms with E-state index in [1.165, 1.54) is 17.0 Å². The Bertz CT molecular complexity index is 435. The molecule has 7 heteroatoms. The topological polar surface area (TPSA) is 36.4 Å². The smallest absolute Gasteiger partial charge is 0.390 e. The number of halogens is 4. The first-order valence-corrected chi connectivity index (χ1v) is 5.88. The van der Waals surface area contributed by atoms with Gasteiger partial charge in [-0.2, -0.15) is 13.2 Å². The van der Waals surface area contributed by atoms with E-state index in [-0.39, 0.29) is 22.6 Å². The molecule has 0 aliphatic heterocycles. The quantitative estimate of drug-likeness (QED) is 0.921. The van der Waals surface area contributed by atoms with E-state index in [0.29, 0.717) is 0 Å². The van der Waals surface area contributed by atoms with Crippen molar-refractivity contribution < 1.29 is 18.3 Å². The SMILES string of the molecule is OCc1nc(N(CC(F)(F)F)C2CC2)ccc1Cl. The third-order valence-electron chi connectivity index (χ3n) is 2.69. The number of anilines is 1. The number of aromatic nitrogens is 1. The minimum absolute atomic E-state index is 0.119. The van der Waals surface area contributed by atoms with E-state index in [1.54, 1.807) is 0 Å². The van der Waals surface area contributed by atoms with Gasteiger partial charge in [0.2, 0.25) is 0 Å². The van der Waals surface area contributed by atoms with Gasteiger partial charge in [0.05, 0.1) is 17.3 Å². The molecule has 1 N–H and O–H groups in total. The molecule has 0 saturated heterocycles. The number of alkyl halides is 3. The van der Waals surface area contributed by atoms with Crippen LogP contribution in [0.2, 0.25) is 5.02 Å². The number of aliphatic hydroxyl groups excluding tert-OH is 1. The monoisotopic (exact) mass is 280 g/mol. The number of pyridine rings is 1. The largest absolute Gasteiger partial charge is 0.405 e. The summed E-state index contributed by atoms with van der Waals surface area (Å²) in [6.45, 7) is -1.42. The number of hydrogen-bond donors (Lipinski definition) is 1. The first-order chi connectivity index (χ1) is 8.40. The molecule has 0 bridgehead atoms. The van der Waals surface area contributed by atoms with Crippen LogP contribution in [0.5, 0.6) is 0 Å². The third kappa shape index (κ3) is 3.26. The molecule has 100 valence electrons. The second-order valence-electron chi connectivity index (χ2n) is 4.23. The maximum absolute atomic E-state index is 12.5. The summed E-state index contributed by atoms with van der Waals surface area (Å²) >= 11 is 5.77. The van der Waals surface area contributed by atoms with Gasteiger partial charge in [-0.3, -0.25) is 0 Å². The fourth-order valence-electron chi connectivity index (χ4n) is 1.72. The summed E-state index contributed by atoms with van der Waals surface area (Å²) in [4.78, 5) is 5.20. The van der Waals surface area contributed by atoms with Crippen molar-refractivity contribution in [3.63, 3.8) is 0 Å². The fourth-order valence-corrected chi connectivity index (χ4v) is 1.89. The highest BCUT2D eigenvalue weighted by Crippen LogP contribution is 2.34. The lowest BCUT2D eigenvalue weighted by Crippen LogP contribution is -2.36. The molecule has 1 aliphatic carbocycles. The minimum atomic E-state index is -4.27. The predicted molar refractivity (Wildman–Crippen MR) is 61.6 cm³/mol. The van der Waals surface area contributed by atoms with Gasteiger partial charge in [-0.1, -0.05) is 11.6 Å². The van der Waals surface area contributed by atoms with Gasteiger partial charge >= 0.3 is 6.18 Å². The molecule has 0 amide bonds. The van der Waals surface area contributed by atoms with Crippen LogP contribution < -0.4 is 4.90 Å². The van der Waals surface area contributed by atoms with Gasteiger partial charge in [-0.05, 0) is 25.0 Å². The van der Waals surface area contributed by atoms with Gasteiger partial charge < -0.3 is 10.0 Å². The number of aliphatic hydroxyl groups is 1. The van der Waals surface area contributed by atoms with Crippen molar-refractivity contribution in [2.45, 2.75) is 31.7 Å². The standard InChI is InChI=1S/C11H12ClF3N2O/c12-8-3-4-10(16-9(8)5-18)17(7-1-2-7)6-11(13,14)15/h3-4,7,18H,1-2,5-6H2. The van der Waals surface area contributed by atoms with E-state index >= 15 is 0 Å². The number of nitrogens with zero attached hydrogens (tertiary/aromatic N) is 2. The molecule has 1 saturated carbocycles. The Balaban J connectivity index is 2.25. The van der Waals surface area contributed by atoms with Crippen LogP contribution in [0.1, 0.15) is 18.5 Å². The molecular weight excluding hydrogens is 269 g/mol. The van der Waals surface area contributed by atoms with E-state index in [2.05, 4.69) is 4.98 Å². The normalized spacial score (nSPS) is 15.8. The van der Waals surface area contributed by atoms with E-state index < -0.39 is 19.3 Å². The Labute approximate surface area is 107 Å². The van der Waals surface area contributed by atoms with E-state index in [4.69, 9.17) is 16.7 Å². The van der Waals surface area contributed by atoms with Crippen LogP contribution in [0.25, 0.3) is 0 Å². The minimum Gasteiger partial charge on any atom is -0.390 e. The zero-order chi connectivity index (χ0) is 13.3. The summed E-state index contributed by atoms with van der Waals surface area (Å²) in [6.07, 6.45) is -2.81. The van der Waals surface area contributed by atoms with Crippen LogP contribution in [0.15, 0.2) is 12.1 Å². The van der Waals surface area contributed by atoms with Crippen molar-refractivity contribution in [2.75, 3.05) is 11.4 Å². The van der Waals surface area contributed by atoms with Crippen molar-refractivity contribution >= 4 is 17.4 Å². The molecule has 0 radical (unpaired) electrons. The van der Waals surface area contributed by atoms with Crippen LogP contribution >= 0.6 is 11.6 Å². The van der Waals surface area contributed by atoms with Crippen LogP contribution in [-0.2, 0) is 6.61 Å². The van der Waals surface area contributed by atoms with Crippen molar-refractivity contribution in [2.24, 2.45) is 0 Å². The molecule has 1 aromatic rings. The van der Waals surface area contributed by atoms with Crippen LogP contribution in [0.3, 0.4) is 0 Å². The molecule has 1 fully saturated rings. The van der Waals surface area contributed by atoms with Gasteiger partial charge in [-0.15, -0.1) is 0 Å². The zero-order valence-electron chi connectivity index (χ0n) is 9.41. The Hall–Kier alpha value is -1.01. The fraction of sp³-hybridized carbons (Fsp3) is 0.545. The van der Waals surface area contributed by atoms with Crippen LogP contribution in [0, 0.1) is 0 Å². The molecule has 0 atom stereocenters. The zero-order valence-corrected chi connectivity index (χ0v) is 10.2. The summed E-state index contributed by atoms with van der Waals surface area (Å²) < 4.78 is 37.5. The first-order valence-electron chi connectivity index (χ1n) is 5.50. The maximum atomic E-state index is 12.5. The molecule has 1 heterocycles. The van der Waals surface area contributed by atoms with E-state index in [9.17, 15) is 13.2 Å². The highest BCUT2D eigenvalue weighted by molar-refractivity contribution is 6.31. The first kappa shape index (κ1) is 13.4. The molecule has 0 aromatic carbocycles. The Morgan fingerprint density at radius 3 is 2.56 bits per heavy atom. The van der Waals surface area contributed by atoms with Gasteiger partial charge in [0.25, 0.3) is 0 Å². The molecule has 1 aliphatic rings.